The predicted octanol–water partition coefficient (Wildman–Crippen LogP) is -2.96. The normalized spacial score (nSPS) is 15.8. The molecule has 0 saturated heterocycles. The molecule has 16 heavy (non-hydrogen) atoms. The van der Waals surface area contributed by atoms with E-state index in [0.29, 0.717) is 0 Å². The van der Waals surface area contributed by atoms with Crippen molar-refractivity contribution in [1.82, 2.24) is 4.90 Å². The molecule has 0 radical (unpaired) electrons. The van der Waals surface area contributed by atoms with Crippen molar-refractivity contribution in [2.45, 2.75) is 31.3 Å². The van der Waals surface area contributed by atoms with Crippen LogP contribution >= 0.6 is 0 Å². The van der Waals surface area contributed by atoms with Gasteiger partial charge in [-0.05, 0) is 0 Å². The highest BCUT2D eigenvalue weighted by Crippen LogP contribution is 2.12. The van der Waals surface area contributed by atoms with Crippen molar-refractivity contribution in [3.05, 3.63) is 0 Å². The van der Waals surface area contributed by atoms with Gasteiger partial charge in [-0.3, -0.25) is 0 Å². The Morgan fingerprint density at radius 1 is 0.750 bits per heavy atom. The lowest BCUT2D eigenvalue weighted by atomic mass is 10.2. The lowest BCUT2D eigenvalue weighted by molar-refractivity contribution is -0.151. The van der Waals surface area contributed by atoms with Crippen LogP contribution in [0.15, 0.2) is 0 Å². The summed E-state index contributed by atoms with van der Waals surface area (Å²) in [7, 11) is 0. The number of hydrogen-bond acceptors (Lipinski definition) is 7. The summed E-state index contributed by atoms with van der Waals surface area (Å²) in [6.07, 6.45) is -2.40. The maximum Gasteiger partial charge on any atom is 0.111 e. The first kappa shape index (κ1) is 15.7. The zero-order valence-corrected chi connectivity index (χ0v) is 9.11. The van der Waals surface area contributed by atoms with Gasteiger partial charge in [0.25, 0.3) is 0 Å². The molecule has 0 aliphatic carbocycles. The van der Waals surface area contributed by atoms with Crippen LogP contribution < -0.4 is 0 Å². The van der Waals surface area contributed by atoms with Crippen molar-refractivity contribution >= 4 is 0 Å². The van der Waals surface area contributed by atoms with Gasteiger partial charge in [0.2, 0.25) is 0 Å². The van der Waals surface area contributed by atoms with Gasteiger partial charge in [0.1, 0.15) is 12.5 Å². The summed E-state index contributed by atoms with van der Waals surface area (Å²) in [6.45, 7) is -1.46. The summed E-state index contributed by atoms with van der Waals surface area (Å²) in [5.74, 6) is 0. The van der Waals surface area contributed by atoms with E-state index in [-0.39, 0.29) is 26.1 Å². The van der Waals surface area contributed by atoms with E-state index >= 15 is 0 Å². The molecule has 0 aliphatic rings. The van der Waals surface area contributed by atoms with Gasteiger partial charge in [0, 0.05) is 26.1 Å². The molecule has 0 aromatic carbocycles. The number of hydrogen-bond donors (Lipinski definition) is 6. The fourth-order valence-electron chi connectivity index (χ4n) is 1.46. The van der Waals surface area contributed by atoms with Crippen LogP contribution in [-0.2, 0) is 0 Å². The lowest BCUT2D eigenvalue weighted by Crippen LogP contribution is -2.53. The molecule has 7 heteroatoms. The third-order valence-electron chi connectivity index (χ3n) is 2.31. The molecule has 0 heterocycles. The topological polar surface area (TPSA) is 125 Å². The van der Waals surface area contributed by atoms with E-state index in [1.54, 1.807) is 0 Å². The predicted molar refractivity (Wildman–Crippen MR) is 55.2 cm³/mol. The van der Waals surface area contributed by atoms with Crippen molar-refractivity contribution < 1.29 is 30.6 Å². The Kier molecular flexibility index (Phi) is 8.67. The molecule has 7 nitrogen and oxygen atoms in total. The minimum Gasteiger partial charge on any atom is -0.396 e. The Balaban J connectivity index is 4.58. The van der Waals surface area contributed by atoms with Crippen LogP contribution in [0.2, 0.25) is 0 Å². The number of aliphatic hydroxyl groups excluding tert-OH is 6. The third kappa shape index (κ3) is 4.71. The van der Waals surface area contributed by atoms with Crippen molar-refractivity contribution in [3.63, 3.8) is 0 Å². The van der Waals surface area contributed by atoms with Crippen LogP contribution in [0.4, 0.5) is 0 Å². The number of aliphatic hydroxyl groups is 6. The molecule has 2 atom stereocenters. The smallest absolute Gasteiger partial charge is 0.111 e. The van der Waals surface area contributed by atoms with E-state index in [1.165, 1.54) is 0 Å². The van der Waals surface area contributed by atoms with Crippen molar-refractivity contribution in [2.75, 3.05) is 26.4 Å². The zero-order chi connectivity index (χ0) is 12.6. The summed E-state index contributed by atoms with van der Waals surface area (Å²) >= 11 is 0. The van der Waals surface area contributed by atoms with Crippen LogP contribution in [0.3, 0.4) is 0 Å². The van der Waals surface area contributed by atoms with Gasteiger partial charge >= 0.3 is 0 Å². The average Bonchev–Trinajstić information content (AvgIpc) is 2.25. The van der Waals surface area contributed by atoms with Crippen LogP contribution in [0, 0.1) is 0 Å². The molecule has 0 bridgehead atoms. The number of nitrogens with zero attached hydrogens (tertiary/aromatic N) is 1. The van der Waals surface area contributed by atoms with E-state index in [9.17, 15) is 10.2 Å². The molecule has 0 amide bonds. The van der Waals surface area contributed by atoms with E-state index < -0.39 is 31.7 Å². The zero-order valence-electron chi connectivity index (χ0n) is 9.11. The monoisotopic (exact) mass is 239 g/mol. The maximum absolute atomic E-state index is 9.64. The Morgan fingerprint density at radius 3 is 1.38 bits per heavy atom. The molecule has 0 aliphatic heterocycles. The van der Waals surface area contributed by atoms with Gasteiger partial charge in [0.05, 0.1) is 19.3 Å². The summed E-state index contributed by atoms with van der Waals surface area (Å²) in [5.41, 5.74) is 0. The highest BCUT2D eigenvalue weighted by molar-refractivity contribution is 4.75. The second-order valence-corrected chi connectivity index (χ2v) is 3.45. The Labute approximate surface area is 94.2 Å². The SMILES string of the molecule is OCCC(O)N(C(O)CCO)C(CO)CO. The molecule has 0 saturated carbocycles. The van der Waals surface area contributed by atoms with E-state index in [1.807, 2.05) is 0 Å². The molecule has 0 spiro atoms. The van der Waals surface area contributed by atoms with Gasteiger partial charge < -0.3 is 30.6 Å². The van der Waals surface area contributed by atoms with Gasteiger partial charge in [0.15, 0.2) is 0 Å². The minimum absolute atomic E-state index is 0.0149. The van der Waals surface area contributed by atoms with Crippen LogP contribution in [0.5, 0.6) is 0 Å². The average molecular weight is 239 g/mol. The van der Waals surface area contributed by atoms with Crippen LogP contribution in [0.1, 0.15) is 12.8 Å². The van der Waals surface area contributed by atoms with E-state index in [0.717, 1.165) is 4.90 Å². The third-order valence-corrected chi connectivity index (χ3v) is 2.31. The molecule has 0 fully saturated rings. The van der Waals surface area contributed by atoms with Crippen LogP contribution in [0.25, 0.3) is 0 Å². The fourth-order valence-corrected chi connectivity index (χ4v) is 1.46. The Morgan fingerprint density at radius 2 is 1.12 bits per heavy atom. The lowest BCUT2D eigenvalue weighted by Gasteiger charge is -2.36. The standard InChI is InChI=1S/C9H21NO6/c11-3-1-8(15)10(7(5-13)6-14)9(16)2-4-12/h7-9,11-16H,1-6H2. The first-order valence-electron chi connectivity index (χ1n) is 5.19. The second kappa shape index (κ2) is 8.82. The van der Waals surface area contributed by atoms with Crippen LogP contribution in [-0.4, -0.2) is 80.5 Å². The summed E-state index contributed by atoms with van der Waals surface area (Å²) in [5, 5.41) is 54.6. The largest absolute Gasteiger partial charge is 0.396 e. The van der Waals surface area contributed by atoms with Crippen molar-refractivity contribution in [3.8, 4) is 0 Å². The second-order valence-electron chi connectivity index (χ2n) is 3.45. The molecule has 0 aromatic heterocycles. The fraction of sp³-hybridized carbons (Fsp3) is 1.00. The number of rotatable bonds is 9. The Bertz CT molecular complexity index is 154. The van der Waals surface area contributed by atoms with E-state index in [4.69, 9.17) is 20.4 Å². The van der Waals surface area contributed by atoms with Gasteiger partial charge in [-0.15, -0.1) is 0 Å². The minimum atomic E-state index is -1.18. The molecule has 6 N–H and O–H groups in total. The molecule has 0 rings (SSSR count). The first-order valence-corrected chi connectivity index (χ1v) is 5.19. The van der Waals surface area contributed by atoms with Gasteiger partial charge in [-0.25, -0.2) is 4.90 Å². The quantitative estimate of drug-likeness (QED) is 0.238. The van der Waals surface area contributed by atoms with Crippen molar-refractivity contribution in [1.29, 1.82) is 0 Å². The molecular formula is C9H21NO6. The van der Waals surface area contributed by atoms with Gasteiger partial charge in [-0.2, -0.15) is 0 Å². The molecule has 98 valence electrons. The first-order chi connectivity index (χ1) is 7.62. The van der Waals surface area contributed by atoms with Crippen molar-refractivity contribution in [2.24, 2.45) is 0 Å². The molecular weight excluding hydrogens is 218 g/mol. The molecule has 0 aromatic rings. The van der Waals surface area contributed by atoms with Gasteiger partial charge in [-0.1, -0.05) is 0 Å². The Hall–Kier alpha value is -0.280. The summed E-state index contributed by atoms with van der Waals surface area (Å²) in [6, 6.07) is -0.830. The van der Waals surface area contributed by atoms with E-state index in [2.05, 4.69) is 0 Å². The summed E-state index contributed by atoms with van der Waals surface area (Å²) < 4.78 is 0. The summed E-state index contributed by atoms with van der Waals surface area (Å²) in [4.78, 5) is 1.08. The molecule has 2 unspecified atom stereocenters. The maximum atomic E-state index is 9.64. The highest BCUT2D eigenvalue weighted by atomic mass is 16.3. The highest BCUT2D eigenvalue weighted by Gasteiger charge is 2.29.